The maximum absolute atomic E-state index is 11.9. The molecule has 2 rings (SSSR count). The first kappa shape index (κ1) is 14.0. The van der Waals surface area contributed by atoms with Crippen molar-refractivity contribution in [1.82, 2.24) is 0 Å². The van der Waals surface area contributed by atoms with Gasteiger partial charge in [0.15, 0.2) is 0 Å². The Morgan fingerprint density at radius 3 is 2.26 bits per heavy atom. The van der Waals surface area contributed by atoms with Crippen molar-refractivity contribution in [2.75, 3.05) is 7.11 Å². The third-order valence-corrected chi connectivity index (χ3v) is 3.12. The van der Waals surface area contributed by atoms with Crippen LogP contribution in [0.3, 0.4) is 0 Å². The van der Waals surface area contributed by atoms with Gasteiger partial charge in [0.2, 0.25) is 0 Å². The second kappa shape index (κ2) is 5.29. The lowest BCUT2D eigenvalue weighted by atomic mass is 9.89. The van der Waals surface area contributed by atoms with Crippen LogP contribution in [0.1, 0.15) is 20.8 Å². The second-order valence-corrected chi connectivity index (χ2v) is 4.56. The van der Waals surface area contributed by atoms with E-state index in [1.807, 2.05) is 19.3 Å². The van der Waals surface area contributed by atoms with Gasteiger partial charge >= 0.3 is 11.9 Å². The molecular weight excluding hydrogens is 244 g/mol. The third-order valence-electron chi connectivity index (χ3n) is 3.12. The second-order valence-electron chi connectivity index (χ2n) is 4.56. The predicted molar refractivity (Wildman–Crippen MR) is 68.6 cm³/mol. The van der Waals surface area contributed by atoms with Crippen LogP contribution in [0, 0.1) is 31.3 Å². The molecule has 0 spiro atoms. The summed E-state index contributed by atoms with van der Waals surface area (Å²) in [5.74, 6) is -0.380. The van der Waals surface area contributed by atoms with Gasteiger partial charge in [-0.25, -0.2) is 9.59 Å². The molecular formula is C15H15O4. The number of esters is 2. The Morgan fingerprint density at radius 2 is 1.68 bits per heavy atom. The molecule has 0 aromatic rings. The van der Waals surface area contributed by atoms with Gasteiger partial charge in [0, 0.05) is 19.4 Å². The number of carbonyl (C=O) groups is 2. The van der Waals surface area contributed by atoms with Crippen molar-refractivity contribution in [3.05, 3.63) is 53.6 Å². The Bertz CT molecular complexity index is 480. The molecule has 0 unspecified atom stereocenters. The van der Waals surface area contributed by atoms with E-state index in [0.717, 1.165) is 11.5 Å². The largest absolute Gasteiger partial charge is 0.386 e. The van der Waals surface area contributed by atoms with Crippen LogP contribution in [0.4, 0.5) is 0 Å². The maximum Gasteiger partial charge on any atom is 0.346 e. The number of carbonyl (C=O) groups excluding carboxylic acids is 2. The van der Waals surface area contributed by atoms with E-state index in [1.165, 1.54) is 0 Å². The average molecular weight is 259 g/mol. The lowest BCUT2D eigenvalue weighted by molar-refractivity contribution is -0.149. The standard InChI is InChI=1S/C15H15O4/c1-8(2)12-13(15(17)19-14(12)16)9(3)10-6-5-7-11(10)18-4/h5-7H,1-4H3/b13-9+. The van der Waals surface area contributed by atoms with E-state index < -0.39 is 11.9 Å². The molecule has 0 atom stereocenters. The van der Waals surface area contributed by atoms with E-state index in [2.05, 4.69) is 0 Å². The average Bonchev–Trinajstić information content (AvgIpc) is 2.91. The fourth-order valence-electron chi connectivity index (χ4n) is 2.21. The Kier molecular flexibility index (Phi) is 3.90. The first-order valence-corrected chi connectivity index (χ1v) is 5.92. The third kappa shape index (κ3) is 2.37. The number of allylic oxidation sites excluding steroid dienone is 1. The summed E-state index contributed by atoms with van der Waals surface area (Å²) in [6.45, 7) is 5.35. The molecule has 1 aliphatic carbocycles. The summed E-state index contributed by atoms with van der Waals surface area (Å²) in [5.41, 5.74) is 2.13. The molecule has 0 aromatic heterocycles. The van der Waals surface area contributed by atoms with Gasteiger partial charge in [-0.2, -0.15) is 0 Å². The molecule has 4 heteroatoms. The van der Waals surface area contributed by atoms with Crippen molar-refractivity contribution in [1.29, 1.82) is 0 Å². The highest BCUT2D eigenvalue weighted by Crippen LogP contribution is 2.42. The molecule has 19 heavy (non-hydrogen) atoms. The zero-order chi connectivity index (χ0) is 14.2. The Hall–Kier alpha value is -1.42. The Labute approximate surface area is 113 Å². The van der Waals surface area contributed by atoms with Crippen molar-refractivity contribution < 1.29 is 19.1 Å². The smallest absolute Gasteiger partial charge is 0.346 e. The molecule has 99 valence electrons. The molecule has 2 fully saturated rings. The molecule has 0 bridgehead atoms. The molecule has 4 nitrogen and oxygen atoms in total. The van der Waals surface area contributed by atoms with Crippen molar-refractivity contribution >= 4 is 11.9 Å². The molecule has 1 saturated heterocycles. The van der Waals surface area contributed by atoms with E-state index in [-0.39, 0.29) is 0 Å². The van der Waals surface area contributed by atoms with E-state index in [0.29, 0.717) is 22.8 Å². The van der Waals surface area contributed by atoms with E-state index in [9.17, 15) is 9.59 Å². The minimum absolute atomic E-state index is 0.328. The quantitative estimate of drug-likeness (QED) is 0.433. The zero-order valence-electron chi connectivity index (χ0n) is 11.4. The summed E-state index contributed by atoms with van der Waals surface area (Å²) in [5, 5.41) is 0. The summed E-state index contributed by atoms with van der Waals surface area (Å²) in [4.78, 5) is 23.6. The van der Waals surface area contributed by atoms with Crippen LogP contribution in [0.25, 0.3) is 0 Å². The highest BCUT2D eigenvalue weighted by molar-refractivity contribution is 6.19. The number of cyclic esters (lactones) is 2. The molecule has 2 aliphatic rings. The normalized spacial score (nSPS) is 24.1. The lowest BCUT2D eigenvalue weighted by Crippen LogP contribution is -2.12. The first-order valence-electron chi connectivity index (χ1n) is 5.92. The molecule has 1 heterocycles. The minimum atomic E-state index is -0.595. The van der Waals surface area contributed by atoms with Crippen molar-refractivity contribution in [3.63, 3.8) is 0 Å². The van der Waals surface area contributed by atoms with Gasteiger partial charge in [-0.1, -0.05) is 5.57 Å². The van der Waals surface area contributed by atoms with Crippen LogP contribution in [0.5, 0.6) is 0 Å². The van der Waals surface area contributed by atoms with Crippen LogP contribution < -0.4 is 0 Å². The topological polar surface area (TPSA) is 52.6 Å². The Balaban J connectivity index is 2.47. The van der Waals surface area contributed by atoms with Gasteiger partial charge < -0.3 is 9.47 Å². The highest BCUT2D eigenvalue weighted by Gasteiger charge is 2.40. The first-order chi connectivity index (χ1) is 8.97. The Morgan fingerprint density at radius 1 is 1.05 bits per heavy atom. The molecule has 0 amide bonds. The minimum Gasteiger partial charge on any atom is -0.386 e. The number of rotatable bonds is 2. The predicted octanol–water partition coefficient (Wildman–Crippen LogP) is 2.10. The molecule has 1 aliphatic heterocycles. The van der Waals surface area contributed by atoms with Gasteiger partial charge in [0.25, 0.3) is 0 Å². The van der Waals surface area contributed by atoms with Gasteiger partial charge in [-0.15, -0.1) is 0 Å². The zero-order valence-corrected chi connectivity index (χ0v) is 11.4. The number of hydrogen-bond donors (Lipinski definition) is 0. The van der Waals surface area contributed by atoms with Crippen molar-refractivity contribution in [2.45, 2.75) is 20.8 Å². The van der Waals surface area contributed by atoms with Gasteiger partial charge in [0.1, 0.15) is 6.10 Å². The fourth-order valence-corrected chi connectivity index (χ4v) is 2.21. The summed E-state index contributed by atoms with van der Waals surface area (Å²) in [6, 6.07) is 0. The van der Waals surface area contributed by atoms with Gasteiger partial charge in [-0.3, -0.25) is 0 Å². The summed E-state index contributed by atoms with van der Waals surface area (Å²) in [7, 11) is 1.57. The highest BCUT2D eigenvalue weighted by atomic mass is 16.6. The molecule has 0 N–H and O–H groups in total. The van der Waals surface area contributed by atoms with Crippen LogP contribution in [0.2, 0.25) is 0 Å². The van der Waals surface area contributed by atoms with Gasteiger partial charge in [0.05, 0.1) is 11.1 Å². The van der Waals surface area contributed by atoms with Crippen LogP contribution in [-0.4, -0.2) is 19.0 Å². The molecule has 0 aromatic carbocycles. The monoisotopic (exact) mass is 259 g/mol. The van der Waals surface area contributed by atoms with E-state index in [4.69, 9.17) is 9.47 Å². The summed E-state index contributed by atoms with van der Waals surface area (Å²) in [6.07, 6.45) is 6.16. The molecule has 5 radical (unpaired) electrons. The fraction of sp³-hybridized carbons (Fsp3) is 0.267. The number of ether oxygens (including phenoxy) is 2. The maximum atomic E-state index is 11.9. The van der Waals surface area contributed by atoms with Gasteiger partial charge in [-0.05, 0) is 39.2 Å². The summed E-state index contributed by atoms with van der Waals surface area (Å²) >= 11 is 0. The van der Waals surface area contributed by atoms with Crippen molar-refractivity contribution in [2.24, 2.45) is 0 Å². The van der Waals surface area contributed by atoms with Crippen LogP contribution in [0.15, 0.2) is 22.3 Å². The van der Waals surface area contributed by atoms with E-state index in [1.54, 1.807) is 27.9 Å². The number of methoxy groups -OCH3 is 1. The van der Waals surface area contributed by atoms with E-state index >= 15 is 0 Å². The summed E-state index contributed by atoms with van der Waals surface area (Å²) < 4.78 is 9.94. The molecule has 1 saturated carbocycles. The SMILES string of the molecule is CO[C]1[CH][CH][CH][C]1/C(C)=C1/C(=O)OC(=O)C1=C(C)C. The lowest BCUT2D eigenvalue weighted by Gasteiger charge is -2.18. The van der Waals surface area contributed by atoms with Crippen LogP contribution in [-0.2, 0) is 19.1 Å². The van der Waals surface area contributed by atoms with Crippen LogP contribution >= 0.6 is 0 Å². The number of hydrogen-bond acceptors (Lipinski definition) is 4. The van der Waals surface area contributed by atoms with Crippen molar-refractivity contribution in [3.8, 4) is 0 Å².